The van der Waals surface area contributed by atoms with Gasteiger partial charge in [-0.25, -0.2) is 9.97 Å². The Labute approximate surface area is 134 Å². The molecule has 1 amide bonds. The molecular weight excluding hydrogens is 294 g/mol. The molecule has 4 rings (SSSR count). The van der Waals surface area contributed by atoms with Gasteiger partial charge in [0.2, 0.25) is 5.78 Å². The molecule has 1 aliphatic heterocycles. The van der Waals surface area contributed by atoms with E-state index in [1.807, 2.05) is 17.2 Å². The Morgan fingerprint density at radius 2 is 2.04 bits per heavy atom. The van der Waals surface area contributed by atoms with E-state index in [-0.39, 0.29) is 18.1 Å². The summed E-state index contributed by atoms with van der Waals surface area (Å²) in [4.78, 5) is 25.2. The van der Waals surface area contributed by atoms with Gasteiger partial charge in [-0.1, -0.05) is 0 Å². The zero-order valence-electron chi connectivity index (χ0n) is 13.0. The topological polar surface area (TPSA) is 74.0 Å². The fourth-order valence-electron chi connectivity index (χ4n) is 3.70. The van der Waals surface area contributed by atoms with Crippen molar-refractivity contribution in [3.8, 4) is 0 Å². The van der Waals surface area contributed by atoms with Gasteiger partial charge in [0.15, 0.2) is 0 Å². The maximum absolute atomic E-state index is 12.6. The molecule has 7 nitrogen and oxygen atoms in total. The Morgan fingerprint density at radius 3 is 2.74 bits per heavy atom. The molecule has 1 aliphatic carbocycles. The van der Waals surface area contributed by atoms with Crippen molar-refractivity contribution in [2.75, 3.05) is 26.2 Å². The number of piperazine rings is 1. The van der Waals surface area contributed by atoms with Crippen molar-refractivity contribution in [1.29, 1.82) is 0 Å². The number of hydrogen-bond donors (Lipinski definition) is 1. The highest BCUT2D eigenvalue weighted by Crippen LogP contribution is 2.25. The zero-order valence-corrected chi connectivity index (χ0v) is 13.0. The third-order valence-corrected chi connectivity index (χ3v) is 4.97. The first-order valence-electron chi connectivity index (χ1n) is 8.23. The second-order valence-electron chi connectivity index (χ2n) is 6.35. The molecule has 1 saturated carbocycles. The number of nitrogens with zero attached hydrogens (tertiary/aromatic N) is 5. The SMILES string of the molecule is O=C(c1cn2cccnc2n1)N1CCN([C@@H]2CCC[C@H]2O)CC1. The predicted octanol–water partition coefficient (Wildman–Crippen LogP) is 0.401. The molecule has 23 heavy (non-hydrogen) atoms. The van der Waals surface area contributed by atoms with Crippen LogP contribution in [-0.4, -0.2) is 73.5 Å². The fourth-order valence-corrected chi connectivity index (χ4v) is 3.70. The summed E-state index contributed by atoms with van der Waals surface area (Å²) in [5, 5.41) is 10.0. The van der Waals surface area contributed by atoms with Crippen LogP contribution in [0.1, 0.15) is 29.8 Å². The lowest BCUT2D eigenvalue weighted by Gasteiger charge is -2.38. The number of hydrogen-bond acceptors (Lipinski definition) is 5. The lowest BCUT2D eigenvalue weighted by molar-refractivity contribution is 0.0313. The van der Waals surface area contributed by atoms with Crippen LogP contribution in [0.2, 0.25) is 0 Å². The van der Waals surface area contributed by atoms with Crippen LogP contribution in [0.25, 0.3) is 5.78 Å². The Morgan fingerprint density at radius 1 is 1.22 bits per heavy atom. The molecule has 0 spiro atoms. The Balaban J connectivity index is 1.42. The number of carbonyl (C=O) groups excluding carboxylic acids is 1. The number of aromatic nitrogens is 3. The van der Waals surface area contributed by atoms with Crippen LogP contribution in [0.3, 0.4) is 0 Å². The Kier molecular flexibility index (Phi) is 3.74. The first kappa shape index (κ1) is 14.6. The van der Waals surface area contributed by atoms with Crippen LogP contribution in [-0.2, 0) is 0 Å². The minimum atomic E-state index is -0.207. The number of carbonyl (C=O) groups is 1. The van der Waals surface area contributed by atoms with Crippen molar-refractivity contribution in [2.45, 2.75) is 31.4 Å². The lowest BCUT2D eigenvalue weighted by Crippen LogP contribution is -2.53. The van der Waals surface area contributed by atoms with Crippen molar-refractivity contribution >= 4 is 11.7 Å². The smallest absolute Gasteiger partial charge is 0.274 e. The number of amides is 1. The largest absolute Gasteiger partial charge is 0.391 e. The molecule has 1 N–H and O–H groups in total. The maximum Gasteiger partial charge on any atom is 0.274 e. The molecule has 1 saturated heterocycles. The van der Waals surface area contributed by atoms with Crippen molar-refractivity contribution in [1.82, 2.24) is 24.2 Å². The highest BCUT2D eigenvalue weighted by Gasteiger charge is 2.33. The van der Waals surface area contributed by atoms with E-state index >= 15 is 0 Å². The van der Waals surface area contributed by atoms with Gasteiger partial charge in [0, 0.05) is 50.8 Å². The van der Waals surface area contributed by atoms with Crippen molar-refractivity contribution in [3.63, 3.8) is 0 Å². The molecule has 2 fully saturated rings. The summed E-state index contributed by atoms with van der Waals surface area (Å²) in [6, 6.07) is 2.08. The van der Waals surface area contributed by atoms with Crippen molar-refractivity contribution in [2.24, 2.45) is 0 Å². The van der Waals surface area contributed by atoms with Gasteiger partial charge in [-0.2, -0.15) is 0 Å². The Bertz CT molecular complexity index is 674. The van der Waals surface area contributed by atoms with Gasteiger partial charge in [-0.05, 0) is 25.3 Å². The molecule has 0 radical (unpaired) electrons. The summed E-state index contributed by atoms with van der Waals surface area (Å²) >= 11 is 0. The Hall–Kier alpha value is -1.99. The quantitative estimate of drug-likeness (QED) is 0.868. The average Bonchev–Trinajstić information content (AvgIpc) is 3.20. The number of fused-ring (bicyclic) bond motifs is 1. The fraction of sp³-hybridized carbons (Fsp3) is 0.562. The third kappa shape index (κ3) is 2.70. The van der Waals surface area contributed by atoms with Crippen LogP contribution in [0, 0.1) is 0 Å². The summed E-state index contributed by atoms with van der Waals surface area (Å²) in [7, 11) is 0. The summed E-state index contributed by atoms with van der Waals surface area (Å²) in [5.74, 6) is 0.505. The molecule has 3 heterocycles. The minimum absolute atomic E-state index is 0.0397. The molecule has 0 aromatic carbocycles. The number of rotatable bonds is 2. The first-order valence-corrected chi connectivity index (χ1v) is 8.23. The molecule has 7 heteroatoms. The van der Waals surface area contributed by atoms with E-state index in [1.54, 1.807) is 16.8 Å². The number of imidazole rings is 1. The van der Waals surface area contributed by atoms with Gasteiger partial charge in [-0.15, -0.1) is 0 Å². The van der Waals surface area contributed by atoms with Gasteiger partial charge >= 0.3 is 0 Å². The van der Waals surface area contributed by atoms with Crippen LogP contribution < -0.4 is 0 Å². The van der Waals surface area contributed by atoms with E-state index in [9.17, 15) is 9.90 Å². The molecule has 2 aromatic heterocycles. The first-order chi connectivity index (χ1) is 11.2. The molecule has 0 unspecified atom stereocenters. The summed E-state index contributed by atoms with van der Waals surface area (Å²) in [5.41, 5.74) is 0.443. The summed E-state index contributed by atoms with van der Waals surface area (Å²) in [6.07, 6.45) is 8.09. The lowest BCUT2D eigenvalue weighted by atomic mass is 10.1. The van der Waals surface area contributed by atoms with Crippen LogP contribution >= 0.6 is 0 Å². The second-order valence-corrected chi connectivity index (χ2v) is 6.35. The van der Waals surface area contributed by atoms with Gasteiger partial charge in [0.1, 0.15) is 5.69 Å². The van der Waals surface area contributed by atoms with Crippen LogP contribution in [0.5, 0.6) is 0 Å². The highest BCUT2D eigenvalue weighted by molar-refractivity contribution is 5.92. The molecule has 0 bridgehead atoms. The van der Waals surface area contributed by atoms with Gasteiger partial charge in [0.25, 0.3) is 5.91 Å². The number of aliphatic hydroxyl groups excluding tert-OH is 1. The van der Waals surface area contributed by atoms with Crippen LogP contribution in [0.15, 0.2) is 24.7 Å². The standard InChI is InChI=1S/C16H21N5O2/c22-14-4-1-3-13(14)19-7-9-20(10-8-19)15(23)12-11-21-6-2-5-17-16(21)18-12/h2,5-6,11,13-14,22H,1,3-4,7-10H2/t13-,14-/m1/s1. The maximum atomic E-state index is 12.6. The van der Waals surface area contributed by atoms with Crippen molar-refractivity contribution in [3.05, 3.63) is 30.4 Å². The second kappa shape index (κ2) is 5.90. The van der Waals surface area contributed by atoms with E-state index in [1.165, 1.54) is 0 Å². The third-order valence-electron chi connectivity index (χ3n) is 4.97. The summed E-state index contributed by atoms with van der Waals surface area (Å²) in [6.45, 7) is 3.00. The predicted molar refractivity (Wildman–Crippen MR) is 84.1 cm³/mol. The van der Waals surface area contributed by atoms with E-state index in [0.717, 1.165) is 32.4 Å². The van der Waals surface area contributed by atoms with Gasteiger partial charge in [0.05, 0.1) is 6.10 Å². The van der Waals surface area contributed by atoms with E-state index in [0.29, 0.717) is 24.6 Å². The average molecular weight is 315 g/mol. The summed E-state index contributed by atoms with van der Waals surface area (Å²) < 4.78 is 1.76. The van der Waals surface area contributed by atoms with Gasteiger partial charge in [-0.3, -0.25) is 14.1 Å². The monoisotopic (exact) mass is 315 g/mol. The van der Waals surface area contributed by atoms with E-state index < -0.39 is 0 Å². The highest BCUT2D eigenvalue weighted by atomic mass is 16.3. The van der Waals surface area contributed by atoms with Crippen LogP contribution in [0.4, 0.5) is 0 Å². The number of aliphatic hydroxyl groups is 1. The molecule has 2 aliphatic rings. The molecular formula is C16H21N5O2. The molecule has 2 aromatic rings. The van der Waals surface area contributed by atoms with E-state index in [4.69, 9.17) is 0 Å². The molecule has 122 valence electrons. The van der Waals surface area contributed by atoms with Gasteiger partial charge < -0.3 is 10.0 Å². The van der Waals surface area contributed by atoms with E-state index in [2.05, 4.69) is 14.9 Å². The molecule has 2 atom stereocenters. The van der Waals surface area contributed by atoms with Crippen molar-refractivity contribution < 1.29 is 9.90 Å². The zero-order chi connectivity index (χ0) is 15.8. The minimum Gasteiger partial charge on any atom is -0.391 e. The normalized spacial score (nSPS) is 26.0.